The first-order valence-corrected chi connectivity index (χ1v) is 6.33. The van der Waals surface area contributed by atoms with Crippen molar-refractivity contribution in [2.45, 2.75) is 26.2 Å². The van der Waals surface area contributed by atoms with E-state index in [1.807, 2.05) is 7.05 Å². The molecular formula is C13H20BrN. The van der Waals surface area contributed by atoms with Crippen molar-refractivity contribution >= 4 is 15.9 Å². The summed E-state index contributed by atoms with van der Waals surface area (Å²) < 4.78 is 1.15. The van der Waals surface area contributed by atoms with Crippen LogP contribution in [0.5, 0.6) is 0 Å². The normalized spacial score (nSPS) is 13.1. The van der Waals surface area contributed by atoms with E-state index in [1.165, 1.54) is 12.0 Å². The monoisotopic (exact) mass is 269 g/mol. The molecule has 0 saturated carbocycles. The van der Waals surface area contributed by atoms with Crippen molar-refractivity contribution in [2.75, 3.05) is 13.6 Å². The molecule has 0 aliphatic heterocycles. The number of rotatable bonds is 5. The number of likely N-dealkylation sites (N-methyl/N-ethyl adjacent to an activating group) is 1. The number of nitrogens with one attached hydrogen (secondary N) is 1. The smallest absolute Gasteiger partial charge is 0.0175 e. The van der Waals surface area contributed by atoms with Crippen molar-refractivity contribution in [1.29, 1.82) is 0 Å². The fraction of sp³-hybridized carbons (Fsp3) is 0.538. The molecule has 1 nitrogen and oxygen atoms in total. The van der Waals surface area contributed by atoms with Gasteiger partial charge in [0.2, 0.25) is 0 Å². The van der Waals surface area contributed by atoms with Gasteiger partial charge in [0.15, 0.2) is 0 Å². The third-order valence-corrected chi connectivity index (χ3v) is 3.08. The maximum Gasteiger partial charge on any atom is 0.0175 e. The summed E-state index contributed by atoms with van der Waals surface area (Å²) in [5, 5.41) is 3.27. The van der Waals surface area contributed by atoms with Crippen LogP contribution in [-0.4, -0.2) is 13.6 Å². The zero-order valence-corrected chi connectivity index (χ0v) is 11.3. The van der Waals surface area contributed by atoms with Crippen molar-refractivity contribution in [3.8, 4) is 0 Å². The van der Waals surface area contributed by atoms with Crippen LogP contribution in [0, 0.1) is 5.92 Å². The van der Waals surface area contributed by atoms with Crippen LogP contribution in [0.4, 0.5) is 0 Å². The van der Waals surface area contributed by atoms with Gasteiger partial charge in [0.25, 0.3) is 0 Å². The average molecular weight is 270 g/mol. The van der Waals surface area contributed by atoms with Crippen LogP contribution in [0.25, 0.3) is 0 Å². The van der Waals surface area contributed by atoms with Crippen molar-refractivity contribution in [3.05, 3.63) is 34.3 Å². The van der Waals surface area contributed by atoms with Gasteiger partial charge in [-0.2, -0.15) is 0 Å². The Morgan fingerprint density at radius 2 is 1.80 bits per heavy atom. The van der Waals surface area contributed by atoms with Gasteiger partial charge in [0.05, 0.1) is 0 Å². The minimum absolute atomic E-state index is 0.628. The van der Waals surface area contributed by atoms with Gasteiger partial charge in [0, 0.05) is 11.0 Å². The number of halogens is 1. The number of benzene rings is 1. The first kappa shape index (κ1) is 12.7. The maximum absolute atomic E-state index is 3.47. The van der Waals surface area contributed by atoms with Gasteiger partial charge in [-0.1, -0.05) is 41.9 Å². The molecule has 0 amide bonds. The molecule has 0 saturated heterocycles. The molecule has 1 N–H and O–H groups in total. The molecule has 15 heavy (non-hydrogen) atoms. The summed E-state index contributed by atoms with van der Waals surface area (Å²) in [6, 6.07) is 8.68. The molecule has 0 radical (unpaired) electrons. The third kappa shape index (κ3) is 4.35. The Hall–Kier alpha value is -0.340. The van der Waals surface area contributed by atoms with Gasteiger partial charge < -0.3 is 5.32 Å². The number of hydrogen-bond donors (Lipinski definition) is 1. The molecule has 0 aromatic heterocycles. The summed E-state index contributed by atoms with van der Waals surface area (Å²) in [4.78, 5) is 0. The minimum atomic E-state index is 0.628. The second-order valence-electron chi connectivity index (χ2n) is 4.44. The fourth-order valence-corrected chi connectivity index (χ4v) is 2.15. The van der Waals surface area contributed by atoms with E-state index < -0.39 is 0 Å². The van der Waals surface area contributed by atoms with E-state index >= 15 is 0 Å². The zero-order chi connectivity index (χ0) is 11.3. The average Bonchev–Trinajstić information content (AvgIpc) is 2.17. The first-order valence-electron chi connectivity index (χ1n) is 5.53. The molecular weight excluding hydrogens is 250 g/mol. The van der Waals surface area contributed by atoms with E-state index in [4.69, 9.17) is 0 Å². The van der Waals surface area contributed by atoms with Gasteiger partial charge in [-0.15, -0.1) is 0 Å². The highest BCUT2D eigenvalue weighted by Crippen LogP contribution is 2.24. The molecule has 0 heterocycles. The second-order valence-corrected chi connectivity index (χ2v) is 5.35. The van der Waals surface area contributed by atoms with E-state index in [0.717, 1.165) is 16.9 Å². The Kier molecular flexibility index (Phi) is 5.34. The zero-order valence-electron chi connectivity index (χ0n) is 9.76. The summed E-state index contributed by atoms with van der Waals surface area (Å²) in [5.74, 6) is 1.37. The summed E-state index contributed by atoms with van der Waals surface area (Å²) in [6.07, 6.45) is 1.24. The standard InChI is InChI=1S/C13H20BrN/c1-10(2)8-12(9-15-3)11-4-6-13(14)7-5-11/h4-7,10,12,15H,8-9H2,1-3H3. The largest absolute Gasteiger partial charge is 0.319 e. The van der Waals surface area contributed by atoms with Gasteiger partial charge in [-0.25, -0.2) is 0 Å². The molecule has 84 valence electrons. The molecule has 2 heteroatoms. The predicted molar refractivity (Wildman–Crippen MR) is 70.3 cm³/mol. The minimum Gasteiger partial charge on any atom is -0.319 e. The lowest BCUT2D eigenvalue weighted by Crippen LogP contribution is -2.18. The number of hydrogen-bond acceptors (Lipinski definition) is 1. The Morgan fingerprint density at radius 3 is 2.27 bits per heavy atom. The van der Waals surface area contributed by atoms with Crippen LogP contribution in [0.1, 0.15) is 31.7 Å². The molecule has 1 atom stereocenters. The fourth-order valence-electron chi connectivity index (χ4n) is 1.89. The second kappa shape index (κ2) is 6.29. The summed E-state index contributed by atoms with van der Waals surface area (Å²) in [5.41, 5.74) is 1.43. The van der Waals surface area contributed by atoms with Gasteiger partial charge in [-0.05, 0) is 43.0 Å². The Labute approximate surface area is 101 Å². The molecule has 0 fully saturated rings. The van der Waals surface area contributed by atoms with Crippen molar-refractivity contribution in [1.82, 2.24) is 5.32 Å². The molecule has 0 bridgehead atoms. The van der Waals surface area contributed by atoms with Gasteiger partial charge in [-0.3, -0.25) is 0 Å². The first-order chi connectivity index (χ1) is 7.13. The topological polar surface area (TPSA) is 12.0 Å². The summed E-state index contributed by atoms with van der Waals surface area (Å²) in [6.45, 7) is 5.61. The molecule has 1 rings (SSSR count). The Bertz CT molecular complexity index is 279. The lowest BCUT2D eigenvalue weighted by atomic mass is 9.90. The highest BCUT2D eigenvalue weighted by molar-refractivity contribution is 9.10. The lowest BCUT2D eigenvalue weighted by molar-refractivity contribution is 0.484. The van der Waals surface area contributed by atoms with Crippen LogP contribution < -0.4 is 5.32 Å². The molecule has 1 aromatic carbocycles. The predicted octanol–water partition coefficient (Wildman–Crippen LogP) is 3.80. The van der Waals surface area contributed by atoms with Crippen molar-refractivity contribution in [3.63, 3.8) is 0 Å². The molecule has 1 unspecified atom stereocenters. The van der Waals surface area contributed by atoms with E-state index in [0.29, 0.717) is 5.92 Å². The van der Waals surface area contributed by atoms with Crippen LogP contribution in [0.15, 0.2) is 28.7 Å². The van der Waals surface area contributed by atoms with Crippen molar-refractivity contribution < 1.29 is 0 Å². The highest BCUT2D eigenvalue weighted by Gasteiger charge is 2.12. The molecule has 0 spiro atoms. The molecule has 0 aliphatic rings. The summed E-state index contributed by atoms with van der Waals surface area (Å²) in [7, 11) is 2.02. The highest BCUT2D eigenvalue weighted by atomic mass is 79.9. The van der Waals surface area contributed by atoms with E-state index in [9.17, 15) is 0 Å². The van der Waals surface area contributed by atoms with Gasteiger partial charge >= 0.3 is 0 Å². The van der Waals surface area contributed by atoms with E-state index in [-0.39, 0.29) is 0 Å². The third-order valence-electron chi connectivity index (χ3n) is 2.55. The molecule has 0 aliphatic carbocycles. The lowest BCUT2D eigenvalue weighted by Gasteiger charge is -2.19. The Balaban J connectivity index is 2.74. The van der Waals surface area contributed by atoms with Crippen LogP contribution in [0.2, 0.25) is 0 Å². The van der Waals surface area contributed by atoms with Gasteiger partial charge in [0.1, 0.15) is 0 Å². The van der Waals surface area contributed by atoms with E-state index in [2.05, 4.69) is 59.4 Å². The van der Waals surface area contributed by atoms with Crippen LogP contribution >= 0.6 is 15.9 Å². The molecule has 1 aromatic rings. The van der Waals surface area contributed by atoms with Crippen LogP contribution in [0.3, 0.4) is 0 Å². The SMILES string of the molecule is CNCC(CC(C)C)c1ccc(Br)cc1. The summed E-state index contributed by atoms with van der Waals surface area (Å²) >= 11 is 3.47. The quantitative estimate of drug-likeness (QED) is 0.858. The van der Waals surface area contributed by atoms with Crippen LogP contribution in [-0.2, 0) is 0 Å². The van der Waals surface area contributed by atoms with Crippen molar-refractivity contribution in [2.24, 2.45) is 5.92 Å². The Morgan fingerprint density at radius 1 is 1.20 bits per heavy atom. The maximum atomic E-state index is 3.47. The van der Waals surface area contributed by atoms with E-state index in [1.54, 1.807) is 0 Å².